The van der Waals surface area contributed by atoms with E-state index in [-0.39, 0.29) is 0 Å². The fraction of sp³-hybridized carbons (Fsp3) is 0.182. The zero-order chi connectivity index (χ0) is 11.7. The van der Waals surface area contributed by atoms with Crippen molar-refractivity contribution in [2.45, 2.75) is 13.0 Å². The molecule has 0 radical (unpaired) electrons. The molecule has 2 aromatic heterocycles. The molecule has 6 heteroatoms. The fourth-order valence-corrected chi connectivity index (χ4v) is 1.69. The van der Waals surface area contributed by atoms with Crippen molar-refractivity contribution in [2.75, 3.05) is 5.32 Å². The van der Waals surface area contributed by atoms with Gasteiger partial charge in [-0.2, -0.15) is 14.4 Å². The van der Waals surface area contributed by atoms with Crippen molar-refractivity contribution in [1.82, 2.24) is 9.97 Å². The summed E-state index contributed by atoms with van der Waals surface area (Å²) in [6, 6.07) is 3.63. The van der Waals surface area contributed by atoms with Gasteiger partial charge >= 0.3 is 6.08 Å². The number of rotatable bonds is 3. The quantitative estimate of drug-likeness (QED) is 0.823. The van der Waals surface area contributed by atoms with Gasteiger partial charge in [-0.1, -0.05) is 0 Å². The molecule has 1 aliphatic heterocycles. The van der Waals surface area contributed by atoms with Crippen molar-refractivity contribution < 1.29 is 8.81 Å². The number of aliphatic imine (C=N–C) groups is 1. The van der Waals surface area contributed by atoms with Crippen molar-refractivity contribution in [2.24, 2.45) is 4.99 Å². The highest BCUT2D eigenvalue weighted by Crippen LogP contribution is 2.27. The Morgan fingerprint density at radius 1 is 1.41 bits per heavy atom. The molecule has 0 fully saturated rings. The summed E-state index contributed by atoms with van der Waals surface area (Å²) in [7, 11) is 0. The lowest BCUT2D eigenvalue weighted by Gasteiger charge is -2.07. The van der Waals surface area contributed by atoms with Gasteiger partial charge < -0.3 is 9.73 Å². The molecule has 0 aliphatic carbocycles. The number of nitrogens with zero attached hydrogens (tertiary/aromatic N) is 3. The Bertz CT molecular complexity index is 565. The second-order valence-electron chi connectivity index (χ2n) is 3.59. The lowest BCUT2D eigenvalue weighted by Crippen LogP contribution is -2.06. The largest absolute Gasteiger partial charge is 0.467 e. The van der Waals surface area contributed by atoms with Gasteiger partial charge in [-0.25, -0.2) is 4.99 Å². The predicted molar refractivity (Wildman–Crippen MR) is 59.9 cm³/mol. The standard InChI is InChI=1S/C11H9FN4O/c12-11-15-9-8(3-4-13-9)10(16-11)14-6-7-2-1-5-17-7/h1-2,4-5H,3,6H2,(H,14,15,16). The molecule has 3 rings (SSSR count). The highest BCUT2D eigenvalue weighted by molar-refractivity contribution is 5.77. The van der Waals surface area contributed by atoms with Gasteiger partial charge in [0.15, 0.2) is 5.82 Å². The molecule has 1 aliphatic rings. The van der Waals surface area contributed by atoms with E-state index in [4.69, 9.17) is 4.42 Å². The van der Waals surface area contributed by atoms with Crippen LogP contribution in [0.25, 0.3) is 0 Å². The number of furan rings is 1. The van der Waals surface area contributed by atoms with Crippen LogP contribution in [0.15, 0.2) is 27.8 Å². The van der Waals surface area contributed by atoms with Crippen LogP contribution in [0.2, 0.25) is 0 Å². The summed E-state index contributed by atoms with van der Waals surface area (Å²) < 4.78 is 18.3. The molecule has 0 bridgehead atoms. The van der Waals surface area contributed by atoms with E-state index in [1.807, 2.05) is 6.07 Å². The molecule has 0 saturated carbocycles. The molecule has 0 atom stereocenters. The third-order valence-corrected chi connectivity index (χ3v) is 2.48. The van der Waals surface area contributed by atoms with E-state index < -0.39 is 6.08 Å². The maximum atomic E-state index is 13.1. The maximum Gasteiger partial charge on any atom is 0.312 e. The molecular weight excluding hydrogens is 223 g/mol. The Morgan fingerprint density at radius 3 is 3.18 bits per heavy atom. The smallest absolute Gasteiger partial charge is 0.312 e. The number of aromatic nitrogens is 2. The van der Waals surface area contributed by atoms with Crippen LogP contribution in [0.1, 0.15) is 11.3 Å². The Hall–Kier alpha value is -2.24. The molecular formula is C11H9FN4O. The van der Waals surface area contributed by atoms with Crippen LogP contribution in [0, 0.1) is 6.08 Å². The van der Waals surface area contributed by atoms with Crippen molar-refractivity contribution in [3.63, 3.8) is 0 Å². The van der Waals surface area contributed by atoms with Crippen LogP contribution in [-0.2, 0) is 13.0 Å². The van der Waals surface area contributed by atoms with Gasteiger partial charge in [0.2, 0.25) is 0 Å². The Kier molecular flexibility index (Phi) is 2.32. The van der Waals surface area contributed by atoms with Crippen molar-refractivity contribution >= 4 is 17.9 Å². The van der Waals surface area contributed by atoms with Gasteiger partial charge in [-0.05, 0) is 12.1 Å². The third-order valence-electron chi connectivity index (χ3n) is 2.48. The minimum atomic E-state index is -0.773. The van der Waals surface area contributed by atoms with Crippen LogP contribution in [-0.4, -0.2) is 16.2 Å². The topological polar surface area (TPSA) is 63.3 Å². The maximum absolute atomic E-state index is 13.1. The SMILES string of the molecule is Fc1nc2c(c(NCc3ccco3)n1)CC=N2. The van der Waals surface area contributed by atoms with Crippen LogP contribution in [0.5, 0.6) is 0 Å². The zero-order valence-corrected chi connectivity index (χ0v) is 8.85. The van der Waals surface area contributed by atoms with Gasteiger partial charge in [0.05, 0.1) is 12.8 Å². The summed E-state index contributed by atoms with van der Waals surface area (Å²) in [4.78, 5) is 11.3. The van der Waals surface area contributed by atoms with Gasteiger partial charge in [-0.3, -0.25) is 0 Å². The van der Waals surface area contributed by atoms with Crippen molar-refractivity contribution in [3.8, 4) is 0 Å². The number of fused-ring (bicyclic) bond motifs is 1. The van der Waals surface area contributed by atoms with E-state index in [2.05, 4.69) is 20.3 Å². The van der Waals surface area contributed by atoms with Gasteiger partial charge in [0.25, 0.3) is 0 Å². The van der Waals surface area contributed by atoms with Gasteiger partial charge in [-0.15, -0.1) is 0 Å². The number of nitrogens with one attached hydrogen (secondary N) is 1. The third kappa shape index (κ3) is 1.89. The minimum absolute atomic E-state index is 0.402. The summed E-state index contributed by atoms with van der Waals surface area (Å²) >= 11 is 0. The summed E-state index contributed by atoms with van der Waals surface area (Å²) in [6.07, 6.45) is 3.13. The molecule has 3 heterocycles. The van der Waals surface area contributed by atoms with Crippen LogP contribution >= 0.6 is 0 Å². The lowest BCUT2D eigenvalue weighted by molar-refractivity contribution is 0.515. The normalized spacial score (nSPS) is 12.8. The fourth-order valence-electron chi connectivity index (χ4n) is 1.69. The number of anilines is 1. The van der Waals surface area contributed by atoms with Gasteiger partial charge in [0.1, 0.15) is 11.6 Å². The first-order valence-electron chi connectivity index (χ1n) is 5.18. The summed E-state index contributed by atoms with van der Waals surface area (Å²) in [5.41, 5.74) is 0.818. The second-order valence-corrected chi connectivity index (χ2v) is 3.59. The number of hydrogen-bond donors (Lipinski definition) is 1. The second kappa shape index (κ2) is 3.97. The summed E-state index contributed by atoms with van der Waals surface area (Å²) in [6.45, 7) is 0.454. The highest BCUT2D eigenvalue weighted by atomic mass is 19.1. The molecule has 0 unspecified atom stereocenters. The first kappa shape index (κ1) is 9.95. The monoisotopic (exact) mass is 232 g/mol. The van der Waals surface area contributed by atoms with E-state index in [9.17, 15) is 4.39 Å². The molecule has 0 amide bonds. The van der Waals surface area contributed by atoms with Crippen molar-refractivity contribution in [1.29, 1.82) is 0 Å². The van der Waals surface area contributed by atoms with Crippen LogP contribution in [0.4, 0.5) is 16.0 Å². The minimum Gasteiger partial charge on any atom is -0.467 e. The van der Waals surface area contributed by atoms with E-state index in [0.717, 1.165) is 11.3 Å². The molecule has 86 valence electrons. The van der Waals surface area contributed by atoms with Crippen LogP contribution < -0.4 is 5.32 Å². The summed E-state index contributed by atoms with van der Waals surface area (Å²) in [5.74, 6) is 1.64. The molecule has 17 heavy (non-hydrogen) atoms. The molecule has 0 spiro atoms. The van der Waals surface area contributed by atoms with E-state index >= 15 is 0 Å². The Balaban J connectivity index is 1.84. The number of hydrogen-bond acceptors (Lipinski definition) is 5. The molecule has 2 aromatic rings. The average molecular weight is 232 g/mol. The first-order valence-corrected chi connectivity index (χ1v) is 5.18. The van der Waals surface area contributed by atoms with E-state index in [0.29, 0.717) is 24.6 Å². The average Bonchev–Trinajstić information content (AvgIpc) is 2.95. The lowest BCUT2D eigenvalue weighted by atomic mass is 10.2. The van der Waals surface area contributed by atoms with Crippen molar-refractivity contribution in [3.05, 3.63) is 35.8 Å². The first-order chi connectivity index (χ1) is 8.33. The van der Waals surface area contributed by atoms with E-state index in [1.54, 1.807) is 18.5 Å². The van der Waals surface area contributed by atoms with E-state index in [1.165, 1.54) is 0 Å². The molecule has 0 aromatic carbocycles. The zero-order valence-electron chi connectivity index (χ0n) is 8.85. The summed E-state index contributed by atoms with van der Waals surface area (Å²) in [5, 5.41) is 3.02. The predicted octanol–water partition coefficient (Wildman–Crippen LogP) is 2.08. The van der Waals surface area contributed by atoms with Gasteiger partial charge in [0, 0.05) is 18.2 Å². The molecule has 0 saturated heterocycles. The Morgan fingerprint density at radius 2 is 2.35 bits per heavy atom. The molecule has 5 nitrogen and oxygen atoms in total. The van der Waals surface area contributed by atoms with Crippen LogP contribution in [0.3, 0.4) is 0 Å². The molecule has 1 N–H and O–H groups in total. The Labute approximate surface area is 96.4 Å². The highest BCUT2D eigenvalue weighted by Gasteiger charge is 2.16. The number of halogens is 1.